The van der Waals surface area contributed by atoms with E-state index in [0.29, 0.717) is 39.0 Å². The van der Waals surface area contributed by atoms with Gasteiger partial charge in [0.15, 0.2) is 11.3 Å². The van der Waals surface area contributed by atoms with E-state index in [2.05, 4.69) is 5.32 Å². The number of rotatable bonds is 5. The first kappa shape index (κ1) is 20.1. The van der Waals surface area contributed by atoms with Gasteiger partial charge in [-0.25, -0.2) is 5.01 Å². The molecule has 0 saturated heterocycles. The molecule has 1 amide bonds. The zero-order chi connectivity index (χ0) is 21.3. The summed E-state index contributed by atoms with van der Waals surface area (Å²) in [5, 5.41) is 11.2. The Balaban J connectivity index is 2.00. The van der Waals surface area contributed by atoms with E-state index in [4.69, 9.17) is 24.3 Å². The van der Waals surface area contributed by atoms with Crippen molar-refractivity contribution < 1.29 is 19.0 Å². The fourth-order valence-electron chi connectivity index (χ4n) is 3.50. The molecule has 30 heavy (non-hydrogen) atoms. The number of nitrogens with zero attached hydrogens (tertiary/aromatic N) is 3. The fraction of sp³-hybridized carbons (Fsp3) is 0.286. The van der Waals surface area contributed by atoms with Crippen LogP contribution >= 0.6 is 11.8 Å². The monoisotopic (exact) mass is 426 g/mol. The maximum Gasteiger partial charge on any atom is 0.276 e. The van der Waals surface area contributed by atoms with Crippen LogP contribution in [-0.4, -0.2) is 43.2 Å². The Morgan fingerprint density at radius 1 is 1.10 bits per heavy atom. The van der Waals surface area contributed by atoms with Crippen LogP contribution in [-0.2, 0) is 4.79 Å². The third-order valence-corrected chi connectivity index (χ3v) is 5.55. The lowest BCUT2D eigenvalue weighted by molar-refractivity contribution is -0.116. The number of methoxy groups -OCH3 is 3. The van der Waals surface area contributed by atoms with Crippen molar-refractivity contribution >= 4 is 28.5 Å². The van der Waals surface area contributed by atoms with Crippen molar-refractivity contribution in [2.45, 2.75) is 13.1 Å². The van der Waals surface area contributed by atoms with E-state index < -0.39 is 6.17 Å². The second-order valence-corrected chi connectivity index (χ2v) is 7.70. The molecule has 2 aliphatic rings. The van der Waals surface area contributed by atoms with E-state index in [1.165, 1.54) is 11.8 Å². The van der Waals surface area contributed by atoms with Crippen molar-refractivity contribution in [2.75, 3.05) is 27.1 Å². The molecule has 0 aliphatic carbocycles. The first-order valence-corrected chi connectivity index (χ1v) is 10.4. The van der Waals surface area contributed by atoms with Crippen molar-refractivity contribution in [2.24, 2.45) is 10.1 Å². The van der Waals surface area contributed by atoms with Crippen LogP contribution in [0.4, 0.5) is 0 Å². The molecule has 0 bridgehead atoms. The molecule has 0 unspecified atom stereocenters. The molecule has 0 radical (unpaired) electrons. The van der Waals surface area contributed by atoms with E-state index in [9.17, 15) is 4.79 Å². The molecule has 4 rings (SSSR count). The Hall–Kier alpha value is -3.20. The number of amides is 1. The van der Waals surface area contributed by atoms with Gasteiger partial charge in [-0.15, -0.1) is 5.10 Å². The lowest BCUT2D eigenvalue weighted by Gasteiger charge is -2.35. The minimum absolute atomic E-state index is 0.222. The van der Waals surface area contributed by atoms with Crippen LogP contribution in [0.25, 0.3) is 5.70 Å². The Morgan fingerprint density at radius 2 is 1.80 bits per heavy atom. The highest BCUT2D eigenvalue weighted by Gasteiger charge is 2.37. The number of hydrogen-bond donors (Lipinski definition) is 1. The summed E-state index contributed by atoms with van der Waals surface area (Å²) in [6.07, 6.45) is -0.649. The Labute approximate surface area is 178 Å². The molecule has 1 N–H and O–H groups in total. The Bertz CT molecular complexity index is 1120. The van der Waals surface area contributed by atoms with E-state index in [-0.39, 0.29) is 5.91 Å². The molecule has 9 heteroatoms. The van der Waals surface area contributed by atoms with Gasteiger partial charge in [0.2, 0.25) is 0 Å². The summed E-state index contributed by atoms with van der Waals surface area (Å²) >= 11 is 1.46. The van der Waals surface area contributed by atoms with Gasteiger partial charge in [0.25, 0.3) is 5.91 Å². The van der Waals surface area contributed by atoms with Gasteiger partial charge in [-0.05, 0) is 11.8 Å². The van der Waals surface area contributed by atoms with Crippen molar-refractivity contribution in [1.82, 2.24) is 10.3 Å². The predicted octanol–water partition coefficient (Wildman–Crippen LogP) is 1.61. The third kappa shape index (κ3) is 3.35. The number of thioether (sulfide) groups is 1. The van der Waals surface area contributed by atoms with Crippen molar-refractivity contribution in [3.8, 4) is 17.2 Å². The Kier molecular flexibility index (Phi) is 5.54. The van der Waals surface area contributed by atoms with Gasteiger partial charge in [0.1, 0.15) is 22.9 Å². The molecule has 1 atom stereocenters. The standard InChI is InChI=1S/C21H22N4O4S/c1-5-30-21-23-20(26)18-13-8-6-7-9-14(13)22-19(25(18)24-21)17-15(28-3)10-12(27-2)11-16(17)29-4/h6-11,19H,5H2,1-4H3,(H,23,24,26)/t19-/m1/s1. The normalized spacial score (nSPS) is 17.3. The smallest absolute Gasteiger partial charge is 0.276 e. The number of fused-ring (bicyclic) bond motifs is 2. The van der Waals surface area contributed by atoms with Gasteiger partial charge in [0.05, 0.1) is 32.3 Å². The average molecular weight is 426 g/mol. The van der Waals surface area contributed by atoms with Gasteiger partial charge in [-0.2, -0.15) is 0 Å². The first-order valence-electron chi connectivity index (χ1n) is 9.40. The van der Waals surface area contributed by atoms with E-state index >= 15 is 0 Å². The number of para-hydroxylation sites is 1. The lowest BCUT2D eigenvalue weighted by Crippen LogP contribution is -2.50. The van der Waals surface area contributed by atoms with E-state index in [1.807, 2.05) is 31.2 Å². The second kappa shape index (κ2) is 8.27. The average Bonchev–Trinajstić information content (AvgIpc) is 2.77. The fourth-order valence-corrected chi connectivity index (χ4v) is 4.09. The van der Waals surface area contributed by atoms with E-state index in [0.717, 1.165) is 11.0 Å². The van der Waals surface area contributed by atoms with Crippen LogP contribution in [0.3, 0.4) is 0 Å². The van der Waals surface area contributed by atoms with Gasteiger partial charge >= 0.3 is 0 Å². The SMILES string of the molecule is CCSC1=NN2C(=c3ccccc3=N[C@H]2c2c(OC)cc(OC)cc2OC)C(=O)N1. The van der Waals surface area contributed by atoms with Crippen LogP contribution in [0.5, 0.6) is 17.2 Å². The van der Waals surface area contributed by atoms with Crippen LogP contribution in [0.15, 0.2) is 46.5 Å². The van der Waals surface area contributed by atoms with Crippen molar-refractivity contribution in [3.05, 3.63) is 52.5 Å². The first-order chi connectivity index (χ1) is 14.6. The number of hydrogen-bond acceptors (Lipinski definition) is 8. The second-order valence-electron chi connectivity index (χ2n) is 6.45. The number of carbonyl (C=O) groups excluding carboxylic acids is 1. The van der Waals surface area contributed by atoms with Gasteiger partial charge in [-0.3, -0.25) is 15.1 Å². The van der Waals surface area contributed by atoms with Crippen LogP contribution < -0.4 is 30.1 Å². The summed E-state index contributed by atoms with van der Waals surface area (Å²) in [6.45, 7) is 2.00. The minimum atomic E-state index is -0.649. The number of carbonyl (C=O) groups is 1. The molecule has 2 aromatic rings. The van der Waals surface area contributed by atoms with Crippen LogP contribution in [0, 0.1) is 0 Å². The molecule has 0 spiro atoms. The maximum absolute atomic E-state index is 13.1. The molecule has 0 aromatic heterocycles. The Morgan fingerprint density at radius 3 is 2.43 bits per heavy atom. The topological polar surface area (TPSA) is 84.8 Å². The third-order valence-electron chi connectivity index (χ3n) is 4.81. The molecule has 0 saturated carbocycles. The van der Waals surface area contributed by atoms with Crippen LogP contribution in [0.2, 0.25) is 0 Å². The van der Waals surface area contributed by atoms with Gasteiger partial charge in [0, 0.05) is 17.4 Å². The quantitative estimate of drug-likeness (QED) is 0.782. The molecule has 2 heterocycles. The molecule has 2 aliphatic heterocycles. The number of amidine groups is 1. The highest BCUT2D eigenvalue weighted by molar-refractivity contribution is 8.13. The zero-order valence-corrected chi connectivity index (χ0v) is 17.9. The van der Waals surface area contributed by atoms with Gasteiger partial charge < -0.3 is 14.2 Å². The maximum atomic E-state index is 13.1. The highest BCUT2D eigenvalue weighted by Crippen LogP contribution is 2.43. The summed E-state index contributed by atoms with van der Waals surface area (Å²) in [5.41, 5.74) is 1.10. The number of benzene rings is 2. The molecular weight excluding hydrogens is 404 g/mol. The summed E-state index contributed by atoms with van der Waals surface area (Å²) < 4.78 is 16.7. The molecule has 0 fully saturated rings. The highest BCUT2D eigenvalue weighted by atomic mass is 32.2. The largest absolute Gasteiger partial charge is 0.496 e. The summed E-state index contributed by atoms with van der Waals surface area (Å²) in [6, 6.07) is 11.0. The summed E-state index contributed by atoms with van der Waals surface area (Å²) in [7, 11) is 4.72. The number of nitrogens with one attached hydrogen (secondary N) is 1. The van der Waals surface area contributed by atoms with Crippen molar-refractivity contribution in [3.63, 3.8) is 0 Å². The number of hydrazone groups is 1. The van der Waals surface area contributed by atoms with Crippen LogP contribution in [0.1, 0.15) is 18.7 Å². The van der Waals surface area contributed by atoms with Crippen molar-refractivity contribution in [1.29, 1.82) is 0 Å². The van der Waals surface area contributed by atoms with Gasteiger partial charge in [-0.1, -0.05) is 36.9 Å². The molecular formula is C21H22N4O4S. The lowest BCUT2D eigenvalue weighted by atomic mass is 10.1. The minimum Gasteiger partial charge on any atom is -0.496 e. The zero-order valence-electron chi connectivity index (χ0n) is 17.1. The molecule has 2 aromatic carbocycles. The predicted molar refractivity (Wildman–Crippen MR) is 115 cm³/mol. The molecule has 156 valence electrons. The molecule has 8 nitrogen and oxygen atoms in total. The number of ether oxygens (including phenoxy) is 3. The summed E-state index contributed by atoms with van der Waals surface area (Å²) in [4.78, 5) is 18.0. The van der Waals surface area contributed by atoms with E-state index in [1.54, 1.807) is 38.5 Å². The summed E-state index contributed by atoms with van der Waals surface area (Å²) in [5.74, 6) is 2.21.